The van der Waals surface area contributed by atoms with E-state index in [2.05, 4.69) is 31.3 Å². The number of rotatable bonds is 5. The van der Waals surface area contributed by atoms with E-state index in [9.17, 15) is 14.9 Å². The Labute approximate surface area is 160 Å². The van der Waals surface area contributed by atoms with Crippen molar-refractivity contribution in [1.29, 1.82) is 0 Å². The summed E-state index contributed by atoms with van der Waals surface area (Å²) in [5, 5.41) is 14.7. The molecule has 2 aromatic rings. The first-order chi connectivity index (χ1) is 12.2. The highest BCUT2D eigenvalue weighted by molar-refractivity contribution is 8.00. The Hall–Kier alpha value is -2.38. The minimum Gasteiger partial charge on any atom is -0.267 e. The minimum absolute atomic E-state index is 0.00408. The molecule has 0 unspecified atom stereocenters. The van der Waals surface area contributed by atoms with E-state index in [1.165, 1.54) is 12.1 Å². The summed E-state index contributed by atoms with van der Waals surface area (Å²) >= 11 is 7.64. The van der Waals surface area contributed by atoms with Gasteiger partial charge in [0.15, 0.2) is 0 Å². The van der Waals surface area contributed by atoms with Crippen LogP contribution in [0.1, 0.15) is 36.7 Å². The van der Waals surface area contributed by atoms with Crippen LogP contribution in [0.5, 0.6) is 0 Å². The van der Waals surface area contributed by atoms with Crippen molar-refractivity contribution in [3.05, 3.63) is 68.7 Å². The second-order valence-corrected chi connectivity index (χ2v) is 8.65. The van der Waals surface area contributed by atoms with Gasteiger partial charge in [-0.3, -0.25) is 14.9 Å². The first-order valence-corrected chi connectivity index (χ1v) is 8.92. The molecule has 0 atom stereocenters. The maximum absolute atomic E-state index is 12.2. The molecular weight excluding hydrogens is 374 g/mol. The van der Waals surface area contributed by atoms with Crippen LogP contribution in [0.15, 0.2) is 52.5 Å². The van der Waals surface area contributed by atoms with E-state index in [0.717, 1.165) is 16.5 Å². The molecule has 0 aromatic heterocycles. The van der Waals surface area contributed by atoms with Crippen molar-refractivity contribution in [3.63, 3.8) is 0 Å². The van der Waals surface area contributed by atoms with Crippen LogP contribution in [0, 0.1) is 10.1 Å². The summed E-state index contributed by atoms with van der Waals surface area (Å²) in [5.41, 5.74) is 3.21. The van der Waals surface area contributed by atoms with Crippen LogP contribution in [-0.4, -0.2) is 21.8 Å². The van der Waals surface area contributed by atoms with Crippen LogP contribution in [0.4, 0.5) is 5.69 Å². The summed E-state index contributed by atoms with van der Waals surface area (Å²) in [7, 11) is 0. The number of hydrogen-bond donors (Lipinski definition) is 1. The van der Waals surface area contributed by atoms with Crippen molar-refractivity contribution in [2.45, 2.75) is 30.4 Å². The zero-order valence-electron chi connectivity index (χ0n) is 14.5. The Kier molecular flexibility index (Phi) is 6.39. The van der Waals surface area contributed by atoms with Crippen molar-refractivity contribution < 1.29 is 9.72 Å². The Morgan fingerprint density at radius 1 is 1.27 bits per heavy atom. The molecule has 0 fully saturated rings. The molecule has 136 valence electrons. The van der Waals surface area contributed by atoms with Gasteiger partial charge in [0.25, 0.3) is 11.6 Å². The van der Waals surface area contributed by atoms with E-state index < -0.39 is 10.8 Å². The lowest BCUT2D eigenvalue weighted by Crippen LogP contribution is -2.18. The number of hydrazone groups is 1. The highest BCUT2D eigenvalue weighted by atomic mass is 35.5. The monoisotopic (exact) mass is 391 g/mol. The molecule has 8 heteroatoms. The molecule has 0 aliphatic heterocycles. The molecule has 1 amide bonds. The van der Waals surface area contributed by atoms with Gasteiger partial charge in [0.05, 0.1) is 21.7 Å². The van der Waals surface area contributed by atoms with Gasteiger partial charge in [0, 0.05) is 27.3 Å². The summed E-state index contributed by atoms with van der Waals surface area (Å²) in [5.74, 6) is -0.540. The summed E-state index contributed by atoms with van der Waals surface area (Å²) in [6.07, 6.45) is 1.56. The molecule has 0 saturated heterocycles. The van der Waals surface area contributed by atoms with Gasteiger partial charge in [-0.25, -0.2) is 5.43 Å². The Balaban J connectivity index is 2.12. The van der Waals surface area contributed by atoms with Gasteiger partial charge in [-0.15, -0.1) is 11.8 Å². The molecule has 2 aromatic carbocycles. The molecule has 26 heavy (non-hydrogen) atoms. The molecule has 1 N–H and O–H groups in total. The van der Waals surface area contributed by atoms with Crippen LogP contribution < -0.4 is 5.43 Å². The molecule has 0 bridgehead atoms. The first kappa shape index (κ1) is 19.9. The van der Waals surface area contributed by atoms with Gasteiger partial charge in [0.1, 0.15) is 0 Å². The number of nitro benzene ring substituents is 1. The molecule has 0 radical (unpaired) electrons. The zero-order chi connectivity index (χ0) is 19.3. The van der Waals surface area contributed by atoms with Crippen LogP contribution in [-0.2, 0) is 0 Å². The third kappa shape index (κ3) is 5.57. The van der Waals surface area contributed by atoms with E-state index in [0.29, 0.717) is 0 Å². The molecule has 0 aliphatic rings. The molecular formula is C18H18ClN3O3S. The topological polar surface area (TPSA) is 84.6 Å². The maximum atomic E-state index is 12.2. The fourth-order valence-electron chi connectivity index (χ4n) is 2.03. The molecule has 0 aliphatic carbocycles. The lowest BCUT2D eigenvalue weighted by Gasteiger charge is -2.18. The lowest BCUT2D eigenvalue weighted by atomic mass is 10.2. The number of nitrogens with one attached hydrogen (secondary N) is 1. The fourth-order valence-corrected chi connectivity index (χ4v) is 3.34. The maximum Gasteiger partial charge on any atom is 0.272 e. The standard InChI is InChI=1S/C18H18ClN3O3S/c1-18(2,3)26-16-7-5-4-6-12(16)11-20-21-17(23)14-9-8-13(22(24)25)10-15(14)19/h4-11H,1-3H3,(H,21,23)/b20-11+. The van der Waals surface area contributed by atoms with Crippen LogP contribution >= 0.6 is 23.4 Å². The number of thioether (sulfide) groups is 1. The number of carbonyl (C=O) groups is 1. The van der Waals surface area contributed by atoms with E-state index in [1.807, 2.05) is 24.3 Å². The predicted octanol–water partition coefficient (Wildman–Crippen LogP) is 4.90. The van der Waals surface area contributed by atoms with E-state index in [4.69, 9.17) is 11.6 Å². The normalized spacial score (nSPS) is 11.5. The summed E-state index contributed by atoms with van der Waals surface area (Å²) in [6, 6.07) is 11.4. The fraction of sp³-hybridized carbons (Fsp3) is 0.222. The van der Waals surface area contributed by atoms with Crippen molar-refractivity contribution in [2.75, 3.05) is 0 Å². The third-order valence-electron chi connectivity index (χ3n) is 3.11. The summed E-state index contributed by atoms with van der Waals surface area (Å²) in [6.45, 7) is 6.35. The number of amides is 1. The third-order valence-corrected chi connectivity index (χ3v) is 4.63. The number of carbonyl (C=O) groups excluding carboxylic acids is 1. The van der Waals surface area contributed by atoms with Gasteiger partial charge >= 0.3 is 0 Å². The van der Waals surface area contributed by atoms with Crippen molar-refractivity contribution in [3.8, 4) is 0 Å². The van der Waals surface area contributed by atoms with Gasteiger partial charge in [-0.2, -0.15) is 5.10 Å². The number of benzene rings is 2. The average molecular weight is 392 g/mol. The second-order valence-electron chi connectivity index (χ2n) is 6.37. The van der Waals surface area contributed by atoms with E-state index >= 15 is 0 Å². The molecule has 6 nitrogen and oxygen atoms in total. The van der Waals surface area contributed by atoms with Crippen LogP contribution in [0.3, 0.4) is 0 Å². The Morgan fingerprint density at radius 2 is 1.96 bits per heavy atom. The number of nitrogens with zero attached hydrogens (tertiary/aromatic N) is 2. The quantitative estimate of drug-likeness (QED) is 0.340. The molecule has 0 saturated carbocycles. The zero-order valence-corrected chi connectivity index (χ0v) is 16.1. The second kappa shape index (κ2) is 8.33. The van der Waals surface area contributed by atoms with E-state index in [1.54, 1.807) is 18.0 Å². The first-order valence-electron chi connectivity index (χ1n) is 7.73. The highest BCUT2D eigenvalue weighted by Crippen LogP contribution is 2.33. The molecule has 2 rings (SSSR count). The van der Waals surface area contributed by atoms with E-state index in [-0.39, 0.29) is 21.0 Å². The molecule has 0 spiro atoms. The summed E-state index contributed by atoms with van der Waals surface area (Å²) in [4.78, 5) is 23.4. The van der Waals surface area contributed by atoms with Crippen LogP contribution in [0.25, 0.3) is 0 Å². The number of hydrogen-bond acceptors (Lipinski definition) is 5. The average Bonchev–Trinajstić information content (AvgIpc) is 2.54. The summed E-state index contributed by atoms with van der Waals surface area (Å²) < 4.78 is 0.0411. The predicted molar refractivity (Wildman–Crippen MR) is 105 cm³/mol. The Morgan fingerprint density at radius 3 is 2.58 bits per heavy atom. The number of nitro groups is 1. The van der Waals surface area contributed by atoms with Gasteiger partial charge in [-0.05, 0) is 12.1 Å². The van der Waals surface area contributed by atoms with Crippen molar-refractivity contribution in [1.82, 2.24) is 5.43 Å². The SMILES string of the molecule is CC(C)(C)Sc1ccccc1/C=N/NC(=O)c1ccc([N+](=O)[O-])cc1Cl. The Bertz CT molecular complexity index is 863. The van der Waals surface area contributed by atoms with Gasteiger partial charge < -0.3 is 0 Å². The van der Waals surface area contributed by atoms with Crippen LogP contribution in [0.2, 0.25) is 5.02 Å². The molecule has 0 heterocycles. The van der Waals surface area contributed by atoms with Crippen molar-refractivity contribution >= 4 is 41.2 Å². The smallest absolute Gasteiger partial charge is 0.267 e. The largest absolute Gasteiger partial charge is 0.272 e. The van der Waals surface area contributed by atoms with Gasteiger partial charge in [-0.1, -0.05) is 50.6 Å². The highest BCUT2D eigenvalue weighted by Gasteiger charge is 2.15. The van der Waals surface area contributed by atoms with Gasteiger partial charge in [0.2, 0.25) is 0 Å². The lowest BCUT2D eigenvalue weighted by molar-refractivity contribution is -0.384. The minimum atomic E-state index is -0.574. The van der Waals surface area contributed by atoms with Crippen molar-refractivity contribution in [2.24, 2.45) is 5.10 Å². The number of halogens is 1. The number of non-ortho nitro benzene ring substituents is 1.